The SMILES string of the molecule is CCN(CC)Cc1cnc2c(C(=O)Nc3cccc(O)c3)cnn2c1. The second-order valence-corrected chi connectivity index (χ2v) is 5.75. The van der Waals surface area contributed by atoms with Crippen molar-refractivity contribution in [3.8, 4) is 5.75 Å². The molecule has 0 aliphatic rings. The fraction of sp³-hybridized carbons (Fsp3) is 0.278. The summed E-state index contributed by atoms with van der Waals surface area (Å²) in [6, 6.07) is 6.40. The highest BCUT2D eigenvalue weighted by molar-refractivity contribution is 6.08. The predicted octanol–water partition coefficient (Wildman–Crippen LogP) is 2.53. The molecule has 0 radical (unpaired) electrons. The molecule has 130 valence electrons. The second-order valence-electron chi connectivity index (χ2n) is 5.75. The molecule has 0 aliphatic carbocycles. The van der Waals surface area contributed by atoms with Gasteiger partial charge in [-0.25, -0.2) is 9.50 Å². The molecular weight excluding hydrogens is 318 g/mol. The number of phenols is 1. The monoisotopic (exact) mass is 339 g/mol. The molecule has 1 amide bonds. The number of rotatable bonds is 6. The number of amides is 1. The Hall–Kier alpha value is -2.93. The van der Waals surface area contributed by atoms with Crippen LogP contribution in [0.5, 0.6) is 5.75 Å². The Morgan fingerprint density at radius 3 is 2.80 bits per heavy atom. The molecule has 3 rings (SSSR count). The third-order valence-electron chi connectivity index (χ3n) is 4.06. The van der Waals surface area contributed by atoms with Crippen LogP contribution in [-0.4, -0.2) is 43.6 Å². The van der Waals surface area contributed by atoms with E-state index in [4.69, 9.17) is 0 Å². The van der Waals surface area contributed by atoms with Crippen molar-refractivity contribution in [1.82, 2.24) is 19.5 Å². The molecule has 0 saturated carbocycles. The van der Waals surface area contributed by atoms with Gasteiger partial charge in [0.05, 0.1) is 6.20 Å². The Morgan fingerprint density at radius 1 is 1.28 bits per heavy atom. The third-order valence-corrected chi connectivity index (χ3v) is 4.06. The Balaban J connectivity index is 1.82. The topological polar surface area (TPSA) is 82.8 Å². The van der Waals surface area contributed by atoms with Gasteiger partial charge in [-0.1, -0.05) is 19.9 Å². The minimum atomic E-state index is -0.315. The van der Waals surface area contributed by atoms with Gasteiger partial charge in [0.1, 0.15) is 11.3 Å². The lowest BCUT2D eigenvalue weighted by atomic mass is 10.2. The normalized spacial score (nSPS) is 11.2. The van der Waals surface area contributed by atoms with Crippen molar-refractivity contribution in [2.45, 2.75) is 20.4 Å². The first kappa shape index (κ1) is 16.9. The van der Waals surface area contributed by atoms with E-state index in [9.17, 15) is 9.90 Å². The van der Waals surface area contributed by atoms with Gasteiger partial charge in [0.25, 0.3) is 5.91 Å². The number of anilines is 1. The summed E-state index contributed by atoms with van der Waals surface area (Å²) < 4.78 is 1.62. The van der Waals surface area contributed by atoms with Crippen molar-refractivity contribution in [3.63, 3.8) is 0 Å². The van der Waals surface area contributed by atoms with Crippen LogP contribution >= 0.6 is 0 Å². The number of aromatic hydroxyl groups is 1. The largest absolute Gasteiger partial charge is 0.508 e. The van der Waals surface area contributed by atoms with Gasteiger partial charge in [-0.2, -0.15) is 5.10 Å². The molecule has 0 fully saturated rings. The number of benzene rings is 1. The van der Waals surface area contributed by atoms with E-state index in [1.807, 2.05) is 6.20 Å². The van der Waals surface area contributed by atoms with Crippen LogP contribution in [0.15, 0.2) is 42.9 Å². The van der Waals surface area contributed by atoms with Gasteiger partial charge in [0, 0.05) is 36.3 Å². The molecule has 0 unspecified atom stereocenters. The van der Waals surface area contributed by atoms with Crippen molar-refractivity contribution in [2.24, 2.45) is 0 Å². The predicted molar refractivity (Wildman–Crippen MR) is 95.7 cm³/mol. The van der Waals surface area contributed by atoms with E-state index in [1.54, 1.807) is 28.9 Å². The number of nitrogens with zero attached hydrogens (tertiary/aromatic N) is 4. The number of carbonyl (C=O) groups excluding carboxylic acids is 1. The number of hydrogen-bond acceptors (Lipinski definition) is 5. The van der Waals surface area contributed by atoms with Crippen LogP contribution in [0.3, 0.4) is 0 Å². The highest BCUT2D eigenvalue weighted by atomic mass is 16.3. The highest BCUT2D eigenvalue weighted by Crippen LogP contribution is 2.17. The van der Waals surface area contributed by atoms with Gasteiger partial charge < -0.3 is 10.4 Å². The zero-order chi connectivity index (χ0) is 17.8. The molecule has 2 N–H and O–H groups in total. The van der Waals surface area contributed by atoms with Crippen LogP contribution in [0.25, 0.3) is 5.65 Å². The van der Waals surface area contributed by atoms with E-state index in [0.29, 0.717) is 16.9 Å². The first-order valence-corrected chi connectivity index (χ1v) is 8.25. The van der Waals surface area contributed by atoms with E-state index in [0.717, 1.165) is 25.2 Å². The summed E-state index contributed by atoms with van der Waals surface area (Å²) in [5.74, 6) is -0.221. The average molecular weight is 339 g/mol. The van der Waals surface area contributed by atoms with Crippen LogP contribution < -0.4 is 5.32 Å². The maximum Gasteiger partial charge on any atom is 0.261 e. The molecular formula is C18H21N5O2. The molecule has 0 atom stereocenters. The quantitative estimate of drug-likeness (QED) is 0.721. The van der Waals surface area contributed by atoms with Gasteiger partial charge in [-0.3, -0.25) is 9.69 Å². The molecule has 7 heteroatoms. The summed E-state index contributed by atoms with van der Waals surface area (Å²) in [4.78, 5) is 19.1. The minimum Gasteiger partial charge on any atom is -0.508 e. The van der Waals surface area contributed by atoms with Crippen molar-refractivity contribution >= 4 is 17.2 Å². The van der Waals surface area contributed by atoms with Crippen LogP contribution in [0.4, 0.5) is 5.69 Å². The van der Waals surface area contributed by atoms with Crippen LogP contribution in [0.2, 0.25) is 0 Å². The maximum atomic E-state index is 12.5. The highest BCUT2D eigenvalue weighted by Gasteiger charge is 2.15. The van der Waals surface area contributed by atoms with E-state index in [2.05, 4.69) is 34.1 Å². The van der Waals surface area contributed by atoms with E-state index >= 15 is 0 Å². The standard InChI is InChI=1S/C18H21N5O2/c1-3-22(4-2)11-13-9-19-17-16(10-20-23(17)12-13)18(25)21-14-6-5-7-15(24)8-14/h5-10,12,24H,3-4,11H2,1-2H3,(H,21,25). The first-order chi connectivity index (χ1) is 12.1. The number of nitrogens with one attached hydrogen (secondary N) is 1. The summed E-state index contributed by atoms with van der Waals surface area (Å²) in [5, 5.41) is 16.5. The van der Waals surface area contributed by atoms with Gasteiger partial charge >= 0.3 is 0 Å². The van der Waals surface area contributed by atoms with E-state index in [1.165, 1.54) is 12.3 Å². The zero-order valence-electron chi connectivity index (χ0n) is 14.3. The third kappa shape index (κ3) is 3.77. The molecule has 0 saturated heterocycles. The number of fused-ring (bicyclic) bond motifs is 1. The lowest BCUT2D eigenvalue weighted by Crippen LogP contribution is -2.22. The lowest BCUT2D eigenvalue weighted by Gasteiger charge is -2.17. The molecule has 1 aromatic carbocycles. The molecule has 2 aromatic heterocycles. The zero-order valence-corrected chi connectivity index (χ0v) is 14.3. The molecule has 25 heavy (non-hydrogen) atoms. The Labute approximate surface area is 145 Å². The molecule has 0 spiro atoms. The molecule has 0 bridgehead atoms. The Kier molecular flexibility index (Phi) is 4.95. The summed E-state index contributed by atoms with van der Waals surface area (Å²) >= 11 is 0. The van der Waals surface area contributed by atoms with Crippen LogP contribution in [0.1, 0.15) is 29.8 Å². The van der Waals surface area contributed by atoms with Crippen molar-refractivity contribution < 1.29 is 9.90 Å². The number of hydrogen-bond donors (Lipinski definition) is 2. The smallest absolute Gasteiger partial charge is 0.261 e. The Bertz CT molecular complexity index is 886. The second kappa shape index (κ2) is 7.31. The number of aromatic nitrogens is 3. The van der Waals surface area contributed by atoms with Crippen molar-refractivity contribution in [3.05, 3.63) is 54.0 Å². The van der Waals surface area contributed by atoms with E-state index in [-0.39, 0.29) is 11.7 Å². The summed E-state index contributed by atoms with van der Waals surface area (Å²) in [5.41, 5.74) is 2.44. The van der Waals surface area contributed by atoms with Gasteiger partial charge in [0.2, 0.25) is 0 Å². The van der Waals surface area contributed by atoms with Crippen molar-refractivity contribution in [1.29, 1.82) is 0 Å². The maximum absolute atomic E-state index is 12.5. The van der Waals surface area contributed by atoms with Gasteiger partial charge in [0.15, 0.2) is 5.65 Å². The van der Waals surface area contributed by atoms with Gasteiger partial charge in [-0.15, -0.1) is 0 Å². The molecule has 3 aromatic rings. The average Bonchev–Trinajstić information content (AvgIpc) is 3.03. The molecule has 2 heterocycles. The van der Waals surface area contributed by atoms with E-state index < -0.39 is 0 Å². The molecule has 7 nitrogen and oxygen atoms in total. The molecule has 0 aliphatic heterocycles. The van der Waals surface area contributed by atoms with Crippen molar-refractivity contribution in [2.75, 3.05) is 18.4 Å². The Morgan fingerprint density at radius 2 is 2.08 bits per heavy atom. The summed E-state index contributed by atoms with van der Waals surface area (Å²) in [6.45, 7) is 6.96. The van der Waals surface area contributed by atoms with Gasteiger partial charge in [-0.05, 0) is 25.2 Å². The fourth-order valence-electron chi connectivity index (χ4n) is 2.64. The van der Waals surface area contributed by atoms with Crippen LogP contribution in [0, 0.1) is 0 Å². The lowest BCUT2D eigenvalue weighted by molar-refractivity contribution is 0.102. The minimum absolute atomic E-state index is 0.0943. The number of phenolic OH excluding ortho intramolecular Hbond substituents is 1. The number of carbonyl (C=O) groups is 1. The summed E-state index contributed by atoms with van der Waals surface area (Å²) in [6.07, 6.45) is 5.17. The first-order valence-electron chi connectivity index (χ1n) is 8.25. The van der Waals surface area contributed by atoms with Crippen LogP contribution in [-0.2, 0) is 6.54 Å². The fourth-order valence-corrected chi connectivity index (χ4v) is 2.64. The summed E-state index contributed by atoms with van der Waals surface area (Å²) in [7, 11) is 0.